The molecule has 3 aromatic heterocycles. The van der Waals surface area contributed by atoms with E-state index >= 15 is 0 Å². The summed E-state index contributed by atoms with van der Waals surface area (Å²) in [6.07, 6.45) is 11.4. The van der Waals surface area contributed by atoms with Gasteiger partial charge in [-0.2, -0.15) is 10.2 Å². The number of aliphatic hydroxyl groups excluding tert-OH is 1. The van der Waals surface area contributed by atoms with Crippen LogP contribution >= 0.6 is 0 Å². The molecule has 32 heavy (non-hydrogen) atoms. The first-order chi connectivity index (χ1) is 15.6. The van der Waals surface area contributed by atoms with Crippen molar-refractivity contribution in [2.75, 3.05) is 11.9 Å². The second-order valence-electron chi connectivity index (χ2n) is 8.22. The predicted octanol–water partition coefficient (Wildman–Crippen LogP) is 3.57. The first kappa shape index (κ1) is 20.4. The number of aromatic hydroxyl groups is 1. The summed E-state index contributed by atoms with van der Waals surface area (Å²) < 4.78 is 16.7. The van der Waals surface area contributed by atoms with E-state index < -0.39 is 5.82 Å². The van der Waals surface area contributed by atoms with E-state index in [0.29, 0.717) is 30.0 Å². The van der Waals surface area contributed by atoms with Gasteiger partial charge in [-0.3, -0.25) is 4.68 Å². The number of hydrogen-bond donors (Lipinski definition) is 3. The second-order valence-corrected chi connectivity index (χ2v) is 8.22. The van der Waals surface area contributed by atoms with E-state index in [2.05, 4.69) is 15.5 Å². The number of anilines is 1. The van der Waals surface area contributed by atoms with Crippen molar-refractivity contribution in [3.8, 4) is 16.9 Å². The molecule has 0 radical (unpaired) electrons. The number of fused-ring (bicyclic) bond motifs is 1. The zero-order valence-corrected chi connectivity index (χ0v) is 17.5. The Morgan fingerprint density at radius 3 is 2.84 bits per heavy atom. The van der Waals surface area contributed by atoms with Crippen molar-refractivity contribution in [1.82, 2.24) is 24.4 Å². The number of rotatable bonds is 6. The SMILES string of the molecule is Oc1cc(F)ccc1CCNc1ccn2ncc(-c3cnn(C4CCCCC4O)c3)c2n1. The van der Waals surface area contributed by atoms with Crippen molar-refractivity contribution in [1.29, 1.82) is 0 Å². The van der Waals surface area contributed by atoms with Crippen LogP contribution in [0.5, 0.6) is 5.75 Å². The van der Waals surface area contributed by atoms with Crippen LogP contribution in [0.15, 0.2) is 49.1 Å². The smallest absolute Gasteiger partial charge is 0.165 e. The van der Waals surface area contributed by atoms with Gasteiger partial charge < -0.3 is 15.5 Å². The van der Waals surface area contributed by atoms with Crippen LogP contribution in [0, 0.1) is 5.82 Å². The quantitative estimate of drug-likeness (QED) is 0.427. The van der Waals surface area contributed by atoms with Gasteiger partial charge in [0.15, 0.2) is 5.65 Å². The van der Waals surface area contributed by atoms with Gasteiger partial charge in [-0.15, -0.1) is 0 Å². The minimum absolute atomic E-state index is 0.00685. The fraction of sp³-hybridized carbons (Fsp3) is 0.348. The van der Waals surface area contributed by atoms with Crippen LogP contribution in [0.25, 0.3) is 16.8 Å². The zero-order chi connectivity index (χ0) is 22.1. The van der Waals surface area contributed by atoms with Gasteiger partial charge in [0, 0.05) is 36.1 Å². The maximum Gasteiger partial charge on any atom is 0.165 e. The number of nitrogens with one attached hydrogen (secondary N) is 1. The third kappa shape index (κ3) is 4.03. The van der Waals surface area contributed by atoms with E-state index in [9.17, 15) is 14.6 Å². The van der Waals surface area contributed by atoms with Crippen LogP contribution < -0.4 is 5.32 Å². The number of phenols is 1. The standard InChI is InChI=1S/C23H25FN6O2/c24-17-6-5-15(21(32)11-17)7-9-25-22-8-10-29-23(28-22)18(13-27-29)16-12-26-30(14-16)19-3-1-2-4-20(19)31/h5-6,8,10-14,19-20,31-32H,1-4,7,9H2,(H,25,28). The fourth-order valence-corrected chi connectivity index (χ4v) is 4.30. The molecule has 1 aliphatic rings. The molecule has 8 nitrogen and oxygen atoms in total. The van der Waals surface area contributed by atoms with E-state index in [1.165, 1.54) is 6.07 Å². The van der Waals surface area contributed by atoms with Crippen LogP contribution in [0.4, 0.5) is 10.2 Å². The average molecular weight is 436 g/mol. The summed E-state index contributed by atoms with van der Waals surface area (Å²) in [5, 5.41) is 32.3. The Kier molecular flexibility index (Phi) is 5.48. The molecule has 166 valence electrons. The van der Waals surface area contributed by atoms with Gasteiger partial charge in [0.05, 0.1) is 24.5 Å². The largest absolute Gasteiger partial charge is 0.508 e. The highest BCUT2D eigenvalue weighted by molar-refractivity contribution is 5.76. The monoisotopic (exact) mass is 436 g/mol. The first-order valence-electron chi connectivity index (χ1n) is 10.9. The molecule has 1 saturated carbocycles. The average Bonchev–Trinajstić information content (AvgIpc) is 3.42. The molecule has 5 rings (SSSR count). The molecule has 0 bridgehead atoms. The highest BCUT2D eigenvalue weighted by Gasteiger charge is 2.25. The Hall–Kier alpha value is -3.46. The van der Waals surface area contributed by atoms with Gasteiger partial charge in [-0.05, 0) is 37.0 Å². The Bertz CT molecular complexity index is 1240. The zero-order valence-electron chi connectivity index (χ0n) is 17.5. The lowest BCUT2D eigenvalue weighted by molar-refractivity contribution is 0.0695. The van der Waals surface area contributed by atoms with E-state index in [1.807, 2.05) is 23.1 Å². The highest BCUT2D eigenvalue weighted by atomic mass is 19.1. The molecule has 0 saturated heterocycles. The van der Waals surface area contributed by atoms with Crippen molar-refractivity contribution < 1.29 is 14.6 Å². The summed E-state index contributed by atoms with van der Waals surface area (Å²) in [6.45, 7) is 0.531. The summed E-state index contributed by atoms with van der Waals surface area (Å²) in [5.74, 6) is 0.172. The van der Waals surface area contributed by atoms with Crippen molar-refractivity contribution in [3.63, 3.8) is 0 Å². The minimum atomic E-state index is -0.457. The lowest BCUT2D eigenvalue weighted by atomic mass is 9.93. The molecule has 4 aromatic rings. The molecule has 0 aliphatic heterocycles. The van der Waals surface area contributed by atoms with Crippen molar-refractivity contribution >= 4 is 11.5 Å². The summed E-state index contributed by atoms with van der Waals surface area (Å²) in [4.78, 5) is 4.70. The number of halogens is 1. The first-order valence-corrected chi connectivity index (χ1v) is 10.9. The third-order valence-electron chi connectivity index (χ3n) is 6.06. The summed E-state index contributed by atoms with van der Waals surface area (Å²) >= 11 is 0. The maximum absolute atomic E-state index is 13.1. The maximum atomic E-state index is 13.1. The predicted molar refractivity (Wildman–Crippen MR) is 118 cm³/mol. The minimum Gasteiger partial charge on any atom is -0.508 e. The van der Waals surface area contributed by atoms with Gasteiger partial charge in [0.25, 0.3) is 0 Å². The molecule has 1 fully saturated rings. The summed E-state index contributed by atoms with van der Waals surface area (Å²) in [7, 11) is 0. The van der Waals surface area contributed by atoms with Crippen LogP contribution in [-0.2, 0) is 6.42 Å². The molecule has 2 atom stereocenters. The molecule has 3 N–H and O–H groups in total. The van der Waals surface area contributed by atoms with E-state index in [4.69, 9.17) is 4.98 Å². The third-order valence-corrected chi connectivity index (χ3v) is 6.06. The molecule has 9 heteroatoms. The molecule has 0 spiro atoms. The Labute approximate surface area is 184 Å². The number of aliphatic hydroxyl groups is 1. The van der Waals surface area contributed by atoms with E-state index in [1.54, 1.807) is 23.0 Å². The van der Waals surface area contributed by atoms with Crippen LogP contribution in [0.2, 0.25) is 0 Å². The van der Waals surface area contributed by atoms with E-state index in [-0.39, 0.29) is 17.9 Å². The summed E-state index contributed by atoms with van der Waals surface area (Å²) in [5.41, 5.74) is 3.13. The Balaban J connectivity index is 1.33. The van der Waals surface area contributed by atoms with Crippen molar-refractivity contribution in [2.24, 2.45) is 0 Å². The Morgan fingerprint density at radius 1 is 1.12 bits per heavy atom. The molecular formula is C23H25FN6O2. The van der Waals surface area contributed by atoms with Crippen LogP contribution in [-0.4, -0.2) is 47.2 Å². The van der Waals surface area contributed by atoms with Gasteiger partial charge in [-0.25, -0.2) is 13.9 Å². The van der Waals surface area contributed by atoms with Gasteiger partial charge >= 0.3 is 0 Å². The van der Waals surface area contributed by atoms with Crippen molar-refractivity contribution in [2.45, 2.75) is 44.2 Å². The number of nitrogens with zero attached hydrogens (tertiary/aromatic N) is 5. The number of benzene rings is 1. The molecular weight excluding hydrogens is 411 g/mol. The molecule has 3 heterocycles. The lowest BCUT2D eigenvalue weighted by Crippen LogP contribution is -2.27. The van der Waals surface area contributed by atoms with E-state index in [0.717, 1.165) is 42.9 Å². The van der Waals surface area contributed by atoms with Crippen LogP contribution in [0.1, 0.15) is 37.3 Å². The molecule has 0 amide bonds. The van der Waals surface area contributed by atoms with Crippen molar-refractivity contribution in [3.05, 3.63) is 60.4 Å². The Morgan fingerprint density at radius 2 is 2.00 bits per heavy atom. The molecule has 1 aromatic carbocycles. The second kappa shape index (κ2) is 8.58. The summed E-state index contributed by atoms with van der Waals surface area (Å²) in [6, 6.07) is 5.87. The van der Waals surface area contributed by atoms with Gasteiger partial charge in [0.1, 0.15) is 17.4 Å². The topological polar surface area (TPSA) is 100 Å². The number of aromatic nitrogens is 5. The molecule has 1 aliphatic carbocycles. The number of hydrogen-bond acceptors (Lipinski definition) is 6. The van der Waals surface area contributed by atoms with Gasteiger partial charge in [-0.1, -0.05) is 18.9 Å². The molecule has 2 unspecified atom stereocenters. The fourth-order valence-electron chi connectivity index (χ4n) is 4.30. The lowest BCUT2D eigenvalue weighted by Gasteiger charge is -2.27. The number of phenolic OH excluding ortho intramolecular Hbond substituents is 1. The normalized spacial score (nSPS) is 18.8. The van der Waals surface area contributed by atoms with Crippen LogP contribution in [0.3, 0.4) is 0 Å². The highest BCUT2D eigenvalue weighted by Crippen LogP contribution is 2.31. The van der Waals surface area contributed by atoms with Gasteiger partial charge in [0.2, 0.25) is 0 Å².